The van der Waals surface area contributed by atoms with Crippen LogP contribution >= 0.6 is 0 Å². The Morgan fingerprint density at radius 3 is 2.76 bits per heavy atom. The molecule has 0 aliphatic carbocycles. The average molecular weight is 335 g/mol. The minimum absolute atomic E-state index is 0.146. The quantitative estimate of drug-likeness (QED) is 0.733. The summed E-state index contributed by atoms with van der Waals surface area (Å²) in [5.74, 6) is 1.40. The van der Waals surface area contributed by atoms with Gasteiger partial charge in [-0.1, -0.05) is 30.3 Å². The Morgan fingerprint density at radius 2 is 1.96 bits per heavy atom. The lowest BCUT2D eigenvalue weighted by atomic mass is 10.1. The highest BCUT2D eigenvalue weighted by molar-refractivity contribution is 5.78. The topological polar surface area (TPSA) is 56.0 Å². The van der Waals surface area contributed by atoms with Gasteiger partial charge in [-0.2, -0.15) is 5.10 Å². The van der Waals surface area contributed by atoms with Crippen molar-refractivity contribution in [3.63, 3.8) is 0 Å². The van der Waals surface area contributed by atoms with Crippen LogP contribution in [0, 0.1) is 5.92 Å². The maximum atomic E-state index is 12.9. The predicted molar refractivity (Wildman–Crippen MR) is 93.5 cm³/mol. The lowest BCUT2D eigenvalue weighted by Gasteiger charge is -2.24. The van der Waals surface area contributed by atoms with Gasteiger partial charge in [-0.25, -0.2) is 4.98 Å². The van der Waals surface area contributed by atoms with Gasteiger partial charge < -0.3 is 9.47 Å². The van der Waals surface area contributed by atoms with Gasteiger partial charge in [0.1, 0.15) is 5.82 Å². The molecule has 0 fully saturated rings. The van der Waals surface area contributed by atoms with Crippen LogP contribution in [-0.2, 0) is 30.8 Å². The Morgan fingerprint density at radius 1 is 1.08 bits per heavy atom. The van der Waals surface area contributed by atoms with Crippen LogP contribution < -0.4 is 0 Å². The van der Waals surface area contributed by atoms with Crippen molar-refractivity contribution in [2.75, 3.05) is 6.54 Å². The Balaban J connectivity index is 1.53. The van der Waals surface area contributed by atoms with E-state index in [0.29, 0.717) is 18.9 Å². The standard InChI is InChI=1S/C19H21N5O/c25-19(11-16-5-2-1-3-6-16)23-13-17(14-24-9-4-7-21-24)12-22-10-8-20-18(22)15-23/h1-10,17H,11-15H2/t17-/m0/s1. The highest BCUT2D eigenvalue weighted by Gasteiger charge is 2.26. The molecule has 1 aliphatic heterocycles. The molecule has 25 heavy (non-hydrogen) atoms. The van der Waals surface area contributed by atoms with E-state index in [-0.39, 0.29) is 5.91 Å². The van der Waals surface area contributed by atoms with Crippen LogP contribution in [0.15, 0.2) is 61.2 Å². The number of rotatable bonds is 4. The van der Waals surface area contributed by atoms with Crippen molar-refractivity contribution in [3.05, 3.63) is 72.6 Å². The van der Waals surface area contributed by atoms with E-state index in [1.165, 1.54) is 0 Å². The van der Waals surface area contributed by atoms with Crippen LogP contribution in [0.1, 0.15) is 11.4 Å². The summed E-state index contributed by atoms with van der Waals surface area (Å²) in [6.07, 6.45) is 7.99. The van der Waals surface area contributed by atoms with Crippen LogP contribution in [0.3, 0.4) is 0 Å². The van der Waals surface area contributed by atoms with Crippen LogP contribution in [0.5, 0.6) is 0 Å². The Labute approximate surface area is 146 Å². The summed E-state index contributed by atoms with van der Waals surface area (Å²) in [6.45, 7) is 2.92. The molecule has 0 unspecified atom stereocenters. The van der Waals surface area contributed by atoms with Crippen molar-refractivity contribution in [2.45, 2.75) is 26.1 Å². The first kappa shape index (κ1) is 15.6. The number of carbonyl (C=O) groups excluding carboxylic acids is 1. The van der Waals surface area contributed by atoms with Crippen LogP contribution in [0.25, 0.3) is 0 Å². The van der Waals surface area contributed by atoms with E-state index in [0.717, 1.165) is 31.0 Å². The molecule has 0 saturated heterocycles. The van der Waals surface area contributed by atoms with Crippen LogP contribution in [0.2, 0.25) is 0 Å². The molecule has 0 bridgehead atoms. The number of aromatic nitrogens is 4. The summed E-state index contributed by atoms with van der Waals surface area (Å²) in [4.78, 5) is 19.2. The van der Waals surface area contributed by atoms with Crippen molar-refractivity contribution >= 4 is 5.91 Å². The Bertz CT molecular complexity index is 825. The van der Waals surface area contributed by atoms with Gasteiger partial charge in [0.2, 0.25) is 5.91 Å². The zero-order chi connectivity index (χ0) is 17.1. The second kappa shape index (κ2) is 6.93. The number of hydrogen-bond donors (Lipinski definition) is 0. The highest BCUT2D eigenvalue weighted by Crippen LogP contribution is 2.18. The molecule has 6 heteroatoms. The molecule has 1 aromatic carbocycles. The molecule has 4 rings (SSSR count). The first-order valence-electron chi connectivity index (χ1n) is 8.57. The second-order valence-electron chi connectivity index (χ2n) is 6.53. The normalized spacial score (nSPS) is 17.1. The van der Waals surface area contributed by atoms with Crippen LogP contribution in [-0.4, -0.2) is 36.7 Å². The number of amides is 1. The first-order chi connectivity index (χ1) is 12.3. The lowest BCUT2D eigenvalue weighted by molar-refractivity contribution is -0.131. The Hall–Kier alpha value is -2.89. The third-order valence-electron chi connectivity index (χ3n) is 4.62. The summed E-state index contributed by atoms with van der Waals surface area (Å²) in [6, 6.07) is 11.8. The minimum atomic E-state index is 0.146. The number of carbonyl (C=O) groups is 1. The molecule has 0 saturated carbocycles. The third kappa shape index (κ3) is 3.63. The summed E-state index contributed by atoms with van der Waals surface area (Å²) >= 11 is 0. The van der Waals surface area contributed by atoms with E-state index in [4.69, 9.17) is 0 Å². The number of imidazole rings is 1. The average Bonchev–Trinajstić information content (AvgIpc) is 3.24. The first-order valence-corrected chi connectivity index (χ1v) is 8.57. The van der Waals surface area contributed by atoms with Crippen molar-refractivity contribution in [3.8, 4) is 0 Å². The molecule has 1 aliphatic rings. The molecule has 1 amide bonds. The number of benzene rings is 1. The van der Waals surface area contributed by atoms with E-state index in [2.05, 4.69) is 14.6 Å². The van der Waals surface area contributed by atoms with Crippen molar-refractivity contribution < 1.29 is 4.79 Å². The zero-order valence-electron chi connectivity index (χ0n) is 14.0. The molecule has 6 nitrogen and oxygen atoms in total. The molecule has 128 valence electrons. The van der Waals surface area contributed by atoms with Gasteiger partial charge in [0.05, 0.1) is 13.0 Å². The molecule has 3 heterocycles. The van der Waals surface area contributed by atoms with Crippen molar-refractivity contribution in [1.82, 2.24) is 24.2 Å². The van der Waals surface area contributed by atoms with Gasteiger partial charge in [-0.3, -0.25) is 9.48 Å². The predicted octanol–water partition coefficient (Wildman–Crippen LogP) is 1.98. The highest BCUT2D eigenvalue weighted by atomic mass is 16.2. The second-order valence-corrected chi connectivity index (χ2v) is 6.53. The number of fused-ring (bicyclic) bond motifs is 1. The molecule has 1 atom stereocenters. The third-order valence-corrected chi connectivity index (χ3v) is 4.62. The van der Waals surface area contributed by atoms with Gasteiger partial charge in [0.25, 0.3) is 0 Å². The SMILES string of the molecule is O=C(Cc1ccccc1)N1Cc2nccn2C[C@H](Cn2cccn2)C1. The van der Waals surface area contributed by atoms with Gasteiger partial charge in [-0.15, -0.1) is 0 Å². The summed E-state index contributed by atoms with van der Waals surface area (Å²) in [5, 5.41) is 4.31. The molecule has 2 aromatic heterocycles. The number of hydrogen-bond acceptors (Lipinski definition) is 3. The monoisotopic (exact) mass is 335 g/mol. The summed E-state index contributed by atoms with van der Waals surface area (Å²) in [5.41, 5.74) is 1.05. The van der Waals surface area contributed by atoms with Gasteiger partial charge >= 0.3 is 0 Å². The molecule has 0 radical (unpaired) electrons. The number of nitrogens with zero attached hydrogens (tertiary/aromatic N) is 5. The van der Waals surface area contributed by atoms with E-state index in [1.54, 1.807) is 6.20 Å². The van der Waals surface area contributed by atoms with E-state index in [9.17, 15) is 4.79 Å². The molecular formula is C19H21N5O. The molecular weight excluding hydrogens is 314 g/mol. The molecule has 0 N–H and O–H groups in total. The van der Waals surface area contributed by atoms with Crippen molar-refractivity contribution in [2.24, 2.45) is 5.92 Å². The van der Waals surface area contributed by atoms with E-state index < -0.39 is 0 Å². The lowest BCUT2D eigenvalue weighted by Crippen LogP contribution is -2.36. The minimum Gasteiger partial charge on any atom is -0.335 e. The maximum Gasteiger partial charge on any atom is 0.227 e. The maximum absolute atomic E-state index is 12.9. The van der Waals surface area contributed by atoms with Crippen LogP contribution in [0.4, 0.5) is 0 Å². The fourth-order valence-electron chi connectivity index (χ4n) is 3.40. The Kier molecular flexibility index (Phi) is 4.33. The van der Waals surface area contributed by atoms with E-state index >= 15 is 0 Å². The fourth-order valence-corrected chi connectivity index (χ4v) is 3.40. The van der Waals surface area contributed by atoms with Crippen molar-refractivity contribution in [1.29, 1.82) is 0 Å². The van der Waals surface area contributed by atoms with Gasteiger partial charge in [-0.05, 0) is 11.6 Å². The summed E-state index contributed by atoms with van der Waals surface area (Å²) < 4.78 is 4.09. The molecule has 3 aromatic rings. The summed E-state index contributed by atoms with van der Waals surface area (Å²) in [7, 11) is 0. The smallest absolute Gasteiger partial charge is 0.227 e. The van der Waals surface area contributed by atoms with E-state index in [1.807, 2.05) is 64.6 Å². The fraction of sp³-hybridized carbons (Fsp3) is 0.316. The largest absolute Gasteiger partial charge is 0.335 e. The zero-order valence-corrected chi connectivity index (χ0v) is 14.0. The van der Waals surface area contributed by atoms with Gasteiger partial charge in [0, 0.05) is 50.3 Å². The van der Waals surface area contributed by atoms with Gasteiger partial charge in [0.15, 0.2) is 0 Å². The molecule has 0 spiro atoms.